The van der Waals surface area contributed by atoms with Crippen LogP contribution in [0.5, 0.6) is 5.75 Å². The molecule has 2 aromatic rings. The van der Waals surface area contributed by atoms with Gasteiger partial charge in [0.2, 0.25) is 0 Å². The number of aromatic nitrogens is 2. The van der Waals surface area contributed by atoms with E-state index in [4.69, 9.17) is 4.74 Å². The van der Waals surface area contributed by atoms with E-state index in [0.717, 1.165) is 55.2 Å². The summed E-state index contributed by atoms with van der Waals surface area (Å²) in [4.78, 5) is 23.4. The zero-order valence-electron chi connectivity index (χ0n) is 15.6. The van der Waals surface area contributed by atoms with E-state index in [2.05, 4.69) is 26.3 Å². The third kappa shape index (κ3) is 4.38. The van der Waals surface area contributed by atoms with Crippen molar-refractivity contribution in [1.82, 2.24) is 15.3 Å². The minimum Gasteiger partial charge on any atom is -0.483 e. The zero-order chi connectivity index (χ0) is 18.5. The molecule has 0 spiro atoms. The molecule has 6 nitrogen and oxygen atoms in total. The molecule has 27 heavy (non-hydrogen) atoms. The first-order valence-corrected chi connectivity index (χ1v) is 9.86. The van der Waals surface area contributed by atoms with E-state index < -0.39 is 0 Å². The molecule has 2 aromatic heterocycles. The van der Waals surface area contributed by atoms with Crippen molar-refractivity contribution in [1.29, 1.82) is 0 Å². The zero-order valence-corrected chi connectivity index (χ0v) is 15.6. The summed E-state index contributed by atoms with van der Waals surface area (Å²) >= 11 is 0. The lowest BCUT2D eigenvalue weighted by Crippen LogP contribution is -2.29. The Hall–Kier alpha value is -2.63. The first kappa shape index (κ1) is 17.8. The highest BCUT2D eigenvalue weighted by Crippen LogP contribution is 2.27. The number of pyridine rings is 2. The van der Waals surface area contributed by atoms with E-state index in [1.54, 1.807) is 6.20 Å². The van der Waals surface area contributed by atoms with Crippen molar-refractivity contribution < 1.29 is 9.53 Å². The van der Waals surface area contributed by atoms with E-state index in [-0.39, 0.29) is 12.5 Å². The Morgan fingerprint density at radius 1 is 1.07 bits per heavy atom. The van der Waals surface area contributed by atoms with Gasteiger partial charge < -0.3 is 15.0 Å². The number of carbonyl (C=O) groups is 1. The van der Waals surface area contributed by atoms with Crippen LogP contribution in [-0.4, -0.2) is 35.6 Å². The number of amides is 1. The lowest BCUT2D eigenvalue weighted by atomic mass is 9.95. The Bertz CT molecular complexity index is 803. The van der Waals surface area contributed by atoms with Gasteiger partial charge in [0, 0.05) is 43.3 Å². The van der Waals surface area contributed by atoms with E-state index in [9.17, 15) is 4.79 Å². The van der Waals surface area contributed by atoms with Crippen molar-refractivity contribution in [2.75, 3.05) is 24.6 Å². The topological polar surface area (TPSA) is 67.3 Å². The Morgan fingerprint density at radius 3 is 2.78 bits per heavy atom. The van der Waals surface area contributed by atoms with Gasteiger partial charge in [-0.3, -0.25) is 9.78 Å². The number of hydrogen-bond donors (Lipinski definition) is 1. The predicted molar refractivity (Wildman–Crippen MR) is 104 cm³/mol. The summed E-state index contributed by atoms with van der Waals surface area (Å²) in [5, 5.41) is 2.94. The second kappa shape index (κ2) is 8.37. The van der Waals surface area contributed by atoms with Crippen molar-refractivity contribution in [2.45, 2.75) is 45.1 Å². The largest absolute Gasteiger partial charge is 0.483 e. The molecule has 0 aromatic carbocycles. The molecular weight excluding hydrogens is 340 g/mol. The molecule has 0 saturated carbocycles. The molecule has 1 amide bonds. The summed E-state index contributed by atoms with van der Waals surface area (Å²) in [6.45, 7) is 2.64. The van der Waals surface area contributed by atoms with Gasteiger partial charge in [-0.2, -0.15) is 0 Å². The van der Waals surface area contributed by atoms with E-state index in [0.29, 0.717) is 6.54 Å². The summed E-state index contributed by atoms with van der Waals surface area (Å²) in [6, 6.07) is 5.87. The number of nitrogens with zero attached hydrogens (tertiary/aromatic N) is 3. The van der Waals surface area contributed by atoms with Gasteiger partial charge in [-0.15, -0.1) is 0 Å². The van der Waals surface area contributed by atoms with Gasteiger partial charge in [0.1, 0.15) is 11.6 Å². The van der Waals surface area contributed by atoms with Crippen LogP contribution in [0.15, 0.2) is 30.6 Å². The normalized spacial score (nSPS) is 16.1. The molecule has 0 bridgehead atoms. The van der Waals surface area contributed by atoms with Gasteiger partial charge in [-0.05, 0) is 62.3 Å². The quantitative estimate of drug-likeness (QED) is 0.851. The van der Waals surface area contributed by atoms with Crippen LogP contribution in [0.4, 0.5) is 5.82 Å². The first-order valence-electron chi connectivity index (χ1n) is 9.86. The molecule has 0 atom stereocenters. The van der Waals surface area contributed by atoms with Crippen LogP contribution in [-0.2, 0) is 24.2 Å². The molecule has 6 heteroatoms. The summed E-state index contributed by atoms with van der Waals surface area (Å²) in [5.41, 5.74) is 3.34. The van der Waals surface area contributed by atoms with Crippen LogP contribution < -0.4 is 15.0 Å². The maximum Gasteiger partial charge on any atom is 0.258 e. The highest BCUT2D eigenvalue weighted by Gasteiger charge is 2.16. The van der Waals surface area contributed by atoms with Crippen molar-refractivity contribution in [3.05, 3.63) is 47.4 Å². The Kier molecular flexibility index (Phi) is 5.51. The summed E-state index contributed by atoms with van der Waals surface area (Å²) < 4.78 is 5.79. The smallest absolute Gasteiger partial charge is 0.258 e. The molecule has 0 unspecified atom stereocenters. The minimum atomic E-state index is -0.115. The second-order valence-electron chi connectivity index (χ2n) is 7.22. The van der Waals surface area contributed by atoms with Crippen LogP contribution >= 0.6 is 0 Å². The lowest BCUT2D eigenvalue weighted by molar-refractivity contribution is -0.123. The standard InChI is InChI=1S/C21H26N4O2/c26-21(15-27-19-8-10-22-18-6-2-1-5-17(18)19)24-14-16-7-9-23-20(13-16)25-11-3-4-12-25/h7-10,13H,1-6,11-12,14-15H2,(H,24,26). The third-order valence-electron chi connectivity index (χ3n) is 5.28. The number of fused-ring (bicyclic) bond motifs is 1. The van der Waals surface area contributed by atoms with Crippen LogP contribution in [0.1, 0.15) is 42.5 Å². The molecule has 1 aliphatic heterocycles. The van der Waals surface area contributed by atoms with Gasteiger partial charge in [-0.25, -0.2) is 4.98 Å². The average Bonchev–Trinajstić information content (AvgIpc) is 3.26. The van der Waals surface area contributed by atoms with Crippen LogP contribution in [0, 0.1) is 0 Å². The van der Waals surface area contributed by atoms with Crippen molar-refractivity contribution in [2.24, 2.45) is 0 Å². The summed E-state index contributed by atoms with van der Waals surface area (Å²) in [6.07, 6.45) is 10.3. The molecule has 0 radical (unpaired) electrons. The van der Waals surface area contributed by atoms with Crippen LogP contribution in [0.3, 0.4) is 0 Å². The van der Waals surface area contributed by atoms with Crippen LogP contribution in [0.2, 0.25) is 0 Å². The predicted octanol–water partition coefficient (Wildman–Crippen LogP) is 2.65. The number of aryl methyl sites for hydroxylation is 1. The monoisotopic (exact) mass is 366 g/mol. The number of anilines is 1. The fraction of sp³-hybridized carbons (Fsp3) is 0.476. The number of hydrogen-bond acceptors (Lipinski definition) is 5. The number of ether oxygens (including phenoxy) is 1. The summed E-state index contributed by atoms with van der Waals surface area (Å²) in [5.74, 6) is 1.69. The van der Waals surface area contributed by atoms with Crippen molar-refractivity contribution in [3.8, 4) is 5.75 Å². The second-order valence-corrected chi connectivity index (χ2v) is 7.22. The molecule has 3 heterocycles. The van der Waals surface area contributed by atoms with Crippen molar-refractivity contribution in [3.63, 3.8) is 0 Å². The third-order valence-corrected chi connectivity index (χ3v) is 5.28. The Morgan fingerprint density at radius 2 is 1.89 bits per heavy atom. The first-order chi connectivity index (χ1) is 13.3. The number of carbonyl (C=O) groups excluding carboxylic acids is 1. The molecule has 4 rings (SSSR count). The van der Waals surface area contributed by atoms with Gasteiger partial charge in [-0.1, -0.05) is 0 Å². The van der Waals surface area contributed by atoms with Crippen molar-refractivity contribution >= 4 is 11.7 Å². The van der Waals surface area contributed by atoms with Gasteiger partial charge in [0.05, 0.1) is 0 Å². The Balaban J connectivity index is 1.30. The molecule has 142 valence electrons. The lowest BCUT2D eigenvalue weighted by Gasteiger charge is -2.18. The van der Waals surface area contributed by atoms with Gasteiger partial charge in [0.25, 0.3) is 5.91 Å². The van der Waals surface area contributed by atoms with E-state index in [1.807, 2.05) is 18.3 Å². The maximum absolute atomic E-state index is 12.2. The van der Waals surface area contributed by atoms with Gasteiger partial charge in [0.15, 0.2) is 6.61 Å². The SMILES string of the molecule is O=C(COc1ccnc2c1CCCC2)NCc1ccnc(N2CCCC2)c1. The van der Waals surface area contributed by atoms with Crippen LogP contribution in [0.25, 0.3) is 0 Å². The maximum atomic E-state index is 12.2. The summed E-state index contributed by atoms with van der Waals surface area (Å²) in [7, 11) is 0. The fourth-order valence-electron chi connectivity index (χ4n) is 3.81. The van der Waals surface area contributed by atoms with E-state index in [1.165, 1.54) is 24.8 Å². The highest BCUT2D eigenvalue weighted by atomic mass is 16.5. The molecule has 1 aliphatic carbocycles. The molecule has 2 aliphatic rings. The Labute approximate surface area is 160 Å². The number of nitrogens with one attached hydrogen (secondary N) is 1. The molecule has 1 N–H and O–H groups in total. The fourth-order valence-corrected chi connectivity index (χ4v) is 3.81. The van der Waals surface area contributed by atoms with Gasteiger partial charge >= 0.3 is 0 Å². The van der Waals surface area contributed by atoms with E-state index >= 15 is 0 Å². The minimum absolute atomic E-state index is 0.0283. The average molecular weight is 366 g/mol. The molecular formula is C21H26N4O2. The highest BCUT2D eigenvalue weighted by molar-refractivity contribution is 5.77. The number of rotatable bonds is 6. The molecule has 1 fully saturated rings. The molecule has 1 saturated heterocycles.